The maximum atomic E-state index is 12.0. The number of nitrogens with zero attached hydrogens (tertiary/aromatic N) is 1. The van der Waals surface area contributed by atoms with Crippen molar-refractivity contribution < 1.29 is 9.59 Å². The van der Waals surface area contributed by atoms with Gasteiger partial charge in [0.1, 0.15) is 0 Å². The number of halogens is 2. The molecule has 0 bridgehead atoms. The first-order valence-electron chi connectivity index (χ1n) is 6.62. The normalized spacial score (nSPS) is 10.3. The number of hydrogen-bond acceptors (Lipinski definition) is 2. The zero-order valence-electron chi connectivity index (χ0n) is 11.6. The molecule has 0 aliphatic carbocycles. The molecule has 0 rings (SSSR count). The average Bonchev–Trinajstić information content (AvgIpc) is 2.36. The van der Waals surface area contributed by atoms with Gasteiger partial charge in [0.05, 0.1) is 0 Å². The zero-order valence-corrected chi connectivity index (χ0v) is 13.1. The lowest BCUT2D eigenvalue weighted by molar-refractivity contribution is -0.144. The average molecular weight is 308 g/mol. The number of imide groups is 1. The molecule has 0 saturated carbocycles. The van der Waals surface area contributed by atoms with Gasteiger partial charge in [0, 0.05) is 31.1 Å². The summed E-state index contributed by atoms with van der Waals surface area (Å²) in [6.07, 6.45) is 3.72. The minimum Gasteiger partial charge on any atom is -0.279 e. The van der Waals surface area contributed by atoms with E-state index in [9.17, 15) is 9.59 Å². The second-order valence-electron chi connectivity index (χ2n) is 4.62. The van der Waals surface area contributed by atoms with Crippen molar-refractivity contribution in [2.24, 2.45) is 0 Å². The third kappa shape index (κ3) is 9.06. The summed E-state index contributed by atoms with van der Waals surface area (Å²) in [6.45, 7) is 5.88. The lowest BCUT2D eigenvalue weighted by Crippen LogP contribution is -2.37. The number of hydrogen-bond donors (Lipinski definition) is 0. The Labute approximate surface area is 125 Å². The molecule has 0 aromatic carbocycles. The lowest BCUT2D eigenvalue weighted by Gasteiger charge is -2.21. The molecule has 0 aliphatic rings. The fourth-order valence-electron chi connectivity index (χ4n) is 1.60. The summed E-state index contributed by atoms with van der Waals surface area (Å²) < 4.78 is 0. The molecule has 0 atom stereocenters. The van der Waals surface area contributed by atoms with Gasteiger partial charge >= 0.3 is 0 Å². The van der Waals surface area contributed by atoms with Crippen LogP contribution in [-0.4, -0.2) is 35.0 Å². The molecule has 2 amide bonds. The molecule has 0 fully saturated rings. The molecule has 3 nitrogen and oxygen atoms in total. The van der Waals surface area contributed by atoms with Crippen LogP contribution in [0.1, 0.15) is 45.4 Å². The van der Waals surface area contributed by atoms with Gasteiger partial charge in [0.25, 0.3) is 0 Å². The van der Waals surface area contributed by atoms with E-state index < -0.39 is 0 Å². The number of amides is 2. The van der Waals surface area contributed by atoms with Crippen LogP contribution in [0.2, 0.25) is 0 Å². The van der Waals surface area contributed by atoms with Crippen LogP contribution < -0.4 is 0 Å². The summed E-state index contributed by atoms with van der Waals surface area (Å²) in [7, 11) is 0. The predicted molar refractivity (Wildman–Crippen MR) is 80.7 cm³/mol. The van der Waals surface area contributed by atoms with Crippen LogP contribution in [0.15, 0.2) is 12.2 Å². The van der Waals surface area contributed by atoms with E-state index in [-0.39, 0.29) is 11.8 Å². The maximum Gasteiger partial charge on any atom is 0.229 e. The first kappa shape index (κ1) is 18.5. The van der Waals surface area contributed by atoms with E-state index in [1.807, 2.05) is 6.92 Å². The van der Waals surface area contributed by atoms with E-state index in [0.29, 0.717) is 44.0 Å². The lowest BCUT2D eigenvalue weighted by atomic mass is 10.2. The molecular formula is C14H23Cl2NO2. The Hall–Kier alpha value is -0.540. The van der Waals surface area contributed by atoms with Crippen LogP contribution in [-0.2, 0) is 9.59 Å². The van der Waals surface area contributed by atoms with E-state index in [1.165, 1.54) is 4.90 Å². The van der Waals surface area contributed by atoms with Crippen LogP contribution in [0.4, 0.5) is 0 Å². The van der Waals surface area contributed by atoms with Crippen LogP contribution in [0.5, 0.6) is 0 Å². The molecule has 0 heterocycles. The molecule has 0 aliphatic heterocycles. The molecular weight excluding hydrogens is 285 g/mol. The van der Waals surface area contributed by atoms with Gasteiger partial charge in [-0.3, -0.25) is 14.5 Å². The molecule has 0 aromatic heterocycles. The zero-order chi connectivity index (χ0) is 14.7. The van der Waals surface area contributed by atoms with E-state index in [4.69, 9.17) is 23.2 Å². The Kier molecular flexibility index (Phi) is 11.0. The van der Waals surface area contributed by atoms with E-state index >= 15 is 0 Å². The number of carbonyl (C=O) groups is 2. The van der Waals surface area contributed by atoms with Gasteiger partial charge < -0.3 is 0 Å². The smallest absolute Gasteiger partial charge is 0.229 e. The third-order valence-corrected chi connectivity index (χ3v) is 3.11. The Morgan fingerprint density at radius 1 is 0.947 bits per heavy atom. The quantitative estimate of drug-likeness (QED) is 0.350. The Balaban J connectivity index is 4.38. The molecule has 0 aromatic rings. The Bertz CT molecular complexity index is 284. The molecule has 5 heteroatoms. The molecule has 0 unspecified atom stereocenters. The third-order valence-electron chi connectivity index (χ3n) is 2.58. The largest absolute Gasteiger partial charge is 0.279 e. The van der Waals surface area contributed by atoms with Crippen LogP contribution in [0.3, 0.4) is 0 Å². The monoisotopic (exact) mass is 307 g/mol. The summed E-state index contributed by atoms with van der Waals surface area (Å²) in [5.74, 6) is 0.808. The van der Waals surface area contributed by atoms with Crippen LogP contribution >= 0.6 is 23.2 Å². The predicted octanol–water partition coefficient (Wildman–Crippen LogP) is 3.74. The highest BCUT2D eigenvalue weighted by Crippen LogP contribution is 2.09. The first-order chi connectivity index (χ1) is 9.02. The van der Waals surface area contributed by atoms with Gasteiger partial charge in [0.2, 0.25) is 11.8 Å². The maximum absolute atomic E-state index is 12.0. The van der Waals surface area contributed by atoms with Crippen molar-refractivity contribution in [2.45, 2.75) is 45.4 Å². The van der Waals surface area contributed by atoms with Crippen molar-refractivity contribution in [2.75, 3.05) is 18.3 Å². The van der Waals surface area contributed by atoms with Crippen molar-refractivity contribution >= 4 is 35.0 Å². The first-order valence-corrected chi connectivity index (χ1v) is 7.69. The van der Waals surface area contributed by atoms with Crippen LogP contribution in [0, 0.1) is 0 Å². The van der Waals surface area contributed by atoms with E-state index in [0.717, 1.165) is 18.4 Å². The van der Waals surface area contributed by atoms with Gasteiger partial charge in [-0.1, -0.05) is 12.2 Å². The molecule has 0 saturated heterocycles. The van der Waals surface area contributed by atoms with Gasteiger partial charge in [0.15, 0.2) is 0 Å². The summed E-state index contributed by atoms with van der Waals surface area (Å²) >= 11 is 11.2. The van der Waals surface area contributed by atoms with Gasteiger partial charge in [-0.2, -0.15) is 0 Å². The highest BCUT2D eigenvalue weighted by molar-refractivity contribution is 6.18. The fraction of sp³-hybridized carbons (Fsp3) is 0.714. The second kappa shape index (κ2) is 11.3. The van der Waals surface area contributed by atoms with Crippen molar-refractivity contribution in [3.63, 3.8) is 0 Å². The number of unbranched alkanes of at least 4 members (excludes halogenated alkanes) is 2. The standard InChI is InChI=1S/C14H23Cl2NO2/c1-12(2)11-17(13(18)7-3-5-9-15)14(19)8-4-6-10-16/h1,3-11H2,2H3. The number of carbonyl (C=O) groups excluding carboxylic acids is 2. The van der Waals surface area contributed by atoms with Crippen LogP contribution in [0.25, 0.3) is 0 Å². The van der Waals surface area contributed by atoms with Gasteiger partial charge in [-0.05, 0) is 32.6 Å². The molecule has 0 spiro atoms. The highest BCUT2D eigenvalue weighted by Gasteiger charge is 2.20. The Morgan fingerprint density at radius 3 is 1.68 bits per heavy atom. The molecule has 110 valence electrons. The molecule has 0 N–H and O–H groups in total. The SMILES string of the molecule is C=C(C)CN(C(=O)CCCCCl)C(=O)CCCCCl. The summed E-state index contributed by atoms with van der Waals surface area (Å²) in [5.41, 5.74) is 0.802. The van der Waals surface area contributed by atoms with Gasteiger partial charge in [-0.15, -0.1) is 23.2 Å². The van der Waals surface area contributed by atoms with Crippen molar-refractivity contribution in [1.29, 1.82) is 0 Å². The second-order valence-corrected chi connectivity index (χ2v) is 5.38. The van der Waals surface area contributed by atoms with Crippen molar-refractivity contribution in [3.05, 3.63) is 12.2 Å². The minimum atomic E-state index is -0.135. The van der Waals surface area contributed by atoms with E-state index in [2.05, 4.69) is 6.58 Å². The summed E-state index contributed by atoms with van der Waals surface area (Å²) in [5, 5.41) is 0. The minimum absolute atomic E-state index is 0.135. The molecule has 0 radical (unpaired) electrons. The van der Waals surface area contributed by atoms with Crippen molar-refractivity contribution in [3.8, 4) is 0 Å². The van der Waals surface area contributed by atoms with E-state index in [1.54, 1.807) is 0 Å². The van der Waals surface area contributed by atoms with Crippen molar-refractivity contribution in [1.82, 2.24) is 4.90 Å². The highest BCUT2D eigenvalue weighted by atomic mass is 35.5. The Morgan fingerprint density at radius 2 is 1.37 bits per heavy atom. The van der Waals surface area contributed by atoms with Gasteiger partial charge in [-0.25, -0.2) is 0 Å². The number of alkyl halides is 2. The fourth-order valence-corrected chi connectivity index (χ4v) is 1.97. The molecule has 19 heavy (non-hydrogen) atoms. The topological polar surface area (TPSA) is 37.4 Å². The summed E-state index contributed by atoms with van der Waals surface area (Å²) in [6, 6.07) is 0. The number of rotatable bonds is 10. The summed E-state index contributed by atoms with van der Waals surface area (Å²) in [4.78, 5) is 25.4.